The van der Waals surface area contributed by atoms with E-state index in [0.29, 0.717) is 32.6 Å². The third-order valence-electron chi connectivity index (χ3n) is 4.29. The van der Waals surface area contributed by atoms with Crippen molar-refractivity contribution in [3.63, 3.8) is 0 Å². The maximum absolute atomic E-state index is 12.3. The lowest BCUT2D eigenvalue weighted by molar-refractivity contribution is -0.129. The van der Waals surface area contributed by atoms with Crippen molar-refractivity contribution in [3.8, 4) is 0 Å². The van der Waals surface area contributed by atoms with Crippen LogP contribution in [-0.4, -0.2) is 36.0 Å². The number of rotatable bonds is 5. The SMILES string of the molecule is NC1(C(=O)NCC2(Sc3ccccc3)CC2)CCOCC1. The maximum atomic E-state index is 12.3. The van der Waals surface area contributed by atoms with Crippen LogP contribution >= 0.6 is 11.8 Å². The minimum absolute atomic E-state index is 0.0225. The van der Waals surface area contributed by atoms with Crippen molar-refractivity contribution < 1.29 is 9.53 Å². The molecule has 0 radical (unpaired) electrons. The van der Waals surface area contributed by atoms with Crippen molar-refractivity contribution >= 4 is 17.7 Å². The number of amides is 1. The first-order chi connectivity index (χ1) is 10.1. The predicted molar refractivity (Wildman–Crippen MR) is 84.2 cm³/mol. The number of hydrogen-bond donors (Lipinski definition) is 2. The van der Waals surface area contributed by atoms with Gasteiger partial charge in [0, 0.05) is 29.4 Å². The van der Waals surface area contributed by atoms with Gasteiger partial charge in [0.1, 0.15) is 0 Å². The summed E-state index contributed by atoms with van der Waals surface area (Å²) in [6, 6.07) is 10.4. The first-order valence-electron chi connectivity index (χ1n) is 7.51. The molecule has 1 aromatic rings. The maximum Gasteiger partial charge on any atom is 0.240 e. The number of carbonyl (C=O) groups excluding carboxylic acids is 1. The van der Waals surface area contributed by atoms with Gasteiger partial charge in [0.05, 0.1) is 5.54 Å². The van der Waals surface area contributed by atoms with Gasteiger partial charge in [0.15, 0.2) is 0 Å². The van der Waals surface area contributed by atoms with Crippen LogP contribution in [0.3, 0.4) is 0 Å². The van der Waals surface area contributed by atoms with Crippen molar-refractivity contribution in [2.45, 2.75) is 40.9 Å². The molecular weight excluding hydrogens is 284 g/mol. The summed E-state index contributed by atoms with van der Waals surface area (Å²) in [5.41, 5.74) is 5.46. The van der Waals surface area contributed by atoms with Crippen molar-refractivity contribution in [3.05, 3.63) is 30.3 Å². The molecule has 1 aliphatic heterocycles. The van der Waals surface area contributed by atoms with Crippen LogP contribution < -0.4 is 11.1 Å². The van der Waals surface area contributed by atoms with Crippen LogP contribution in [0.2, 0.25) is 0 Å². The van der Waals surface area contributed by atoms with E-state index < -0.39 is 5.54 Å². The van der Waals surface area contributed by atoms with Gasteiger partial charge in [0.2, 0.25) is 5.91 Å². The second-order valence-electron chi connectivity index (χ2n) is 6.05. The summed E-state index contributed by atoms with van der Waals surface area (Å²) in [6.45, 7) is 1.85. The summed E-state index contributed by atoms with van der Waals surface area (Å²) >= 11 is 1.86. The summed E-state index contributed by atoms with van der Waals surface area (Å²) in [4.78, 5) is 13.6. The molecule has 0 aromatic heterocycles. The number of carbonyl (C=O) groups is 1. The number of thioether (sulfide) groups is 1. The molecule has 0 bridgehead atoms. The molecule has 114 valence electrons. The van der Waals surface area contributed by atoms with Crippen molar-refractivity contribution in [2.24, 2.45) is 5.73 Å². The van der Waals surface area contributed by atoms with Crippen molar-refractivity contribution in [1.82, 2.24) is 5.32 Å². The van der Waals surface area contributed by atoms with Gasteiger partial charge in [-0.3, -0.25) is 4.79 Å². The molecule has 3 rings (SSSR count). The molecule has 0 atom stereocenters. The van der Waals surface area contributed by atoms with E-state index in [1.165, 1.54) is 4.90 Å². The Kier molecular flexibility index (Phi) is 4.24. The van der Waals surface area contributed by atoms with E-state index in [2.05, 4.69) is 17.4 Å². The zero-order chi connectivity index (χ0) is 14.8. The highest BCUT2D eigenvalue weighted by atomic mass is 32.2. The molecule has 1 saturated heterocycles. The molecule has 1 heterocycles. The number of nitrogens with one attached hydrogen (secondary N) is 1. The summed E-state index contributed by atoms with van der Waals surface area (Å²) in [5, 5.41) is 3.08. The van der Waals surface area contributed by atoms with Gasteiger partial charge >= 0.3 is 0 Å². The molecule has 1 amide bonds. The molecule has 1 aliphatic carbocycles. The molecule has 2 fully saturated rings. The molecule has 5 heteroatoms. The van der Waals surface area contributed by atoms with Crippen LogP contribution in [0.25, 0.3) is 0 Å². The molecule has 0 spiro atoms. The molecule has 1 aromatic carbocycles. The number of nitrogens with two attached hydrogens (primary N) is 1. The fourth-order valence-electron chi connectivity index (χ4n) is 2.57. The van der Waals surface area contributed by atoms with Gasteiger partial charge in [-0.05, 0) is 37.8 Å². The Bertz CT molecular complexity index is 496. The minimum atomic E-state index is -0.744. The van der Waals surface area contributed by atoms with E-state index >= 15 is 0 Å². The Morgan fingerprint density at radius 3 is 2.48 bits per heavy atom. The third kappa shape index (κ3) is 3.59. The van der Waals surface area contributed by atoms with Crippen LogP contribution in [0.15, 0.2) is 35.2 Å². The Morgan fingerprint density at radius 2 is 1.86 bits per heavy atom. The zero-order valence-corrected chi connectivity index (χ0v) is 13.0. The van der Waals surface area contributed by atoms with Crippen LogP contribution in [0, 0.1) is 0 Å². The molecular formula is C16H22N2O2S. The fraction of sp³-hybridized carbons (Fsp3) is 0.562. The van der Waals surface area contributed by atoms with Crippen molar-refractivity contribution in [2.75, 3.05) is 19.8 Å². The summed E-state index contributed by atoms with van der Waals surface area (Å²) in [6.07, 6.45) is 3.51. The van der Waals surface area contributed by atoms with E-state index in [1.54, 1.807) is 0 Å². The Morgan fingerprint density at radius 1 is 1.19 bits per heavy atom. The lowest BCUT2D eigenvalue weighted by atomic mass is 9.90. The Balaban J connectivity index is 1.53. The normalized spacial score (nSPS) is 22.5. The Labute approximate surface area is 129 Å². The summed E-state index contributed by atoms with van der Waals surface area (Å²) < 4.78 is 5.45. The monoisotopic (exact) mass is 306 g/mol. The van der Waals surface area contributed by atoms with Crippen LogP contribution in [0.5, 0.6) is 0 Å². The lowest BCUT2D eigenvalue weighted by Gasteiger charge is -2.32. The molecule has 4 nitrogen and oxygen atoms in total. The van der Waals surface area contributed by atoms with Gasteiger partial charge < -0.3 is 15.8 Å². The predicted octanol–water partition coefficient (Wildman–Crippen LogP) is 1.94. The minimum Gasteiger partial charge on any atom is -0.381 e. The van der Waals surface area contributed by atoms with E-state index in [0.717, 1.165) is 12.8 Å². The third-order valence-corrected chi connectivity index (χ3v) is 5.79. The smallest absolute Gasteiger partial charge is 0.240 e. The number of ether oxygens (including phenoxy) is 1. The first-order valence-corrected chi connectivity index (χ1v) is 8.33. The second-order valence-corrected chi connectivity index (χ2v) is 7.59. The lowest BCUT2D eigenvalue weighted by Crippen LogP contribution is -2.57. The quantitative estimate of drug-likeness (QED) is 0.872. The topological polar surface area (TPSA) is 64.4 Å². The van der Waals surface area contributed by atoms with Gasteiger partial charge in [0.25, 0.3) is 0 Å². The fourth-order valence-corrected chi connectivity index (χ4v) is 3.82. The van der Waals surface area contributed by atoms with E-state index in [-0.39, 0.29) is 10.7 Å². The first kappa shape index (κ1) is 14.9. The van der Waals surface area contributed by atoms with Crippen molar-refractivity contribution in [1.29, 1.82) is 0 Å². The highest BCUT2D eigenvalue weighted by molar-refractivity contribution is 8.01. The standard InChI is InChI=1S/C16H22N2O2S/c17-16(8-10-20-11-9-16)14(19)18-12-15(6-7-15)21-13-4-2-1-3-5-13/h1-5H,6-12,17H2,(H,18,19). The molecule has 3 N–H and O–H groups in total. The molecule has 2 aliphatic rings. The van der Waals surface area contributed by atoms with Gasteiger partial charge in [-0.15, -0.1) is 11.8 Å². The highest BCUT2D eigenvalue weighted by Crippen LogP contribution is 2.51. The second kappa shape index (κ2) is 5.99. The van der Waals surface area contributed by atoms with Gasteiger partial charge in [-0.2, -0.15) is 0 Å². The van der Waals surface area contributed by atoms with E-state index in [9.17, 15) is 4.79 Å². The number of hydrogen-bond acceptors (Lipinski definition) is 4. The molecule has 1 saturated carbocycles. The van der Waals surface area contributed by atoms with Gasteiger partial charge in [-0.1, -0.05) is 18.2 Å². The summed E-state index contributed by atoms with van der Waals surface area (Å²) in [7, 11) is 0. The average Bonchev–Trinajstić information content (AvgIpc) is 3.26. The van der Waals surface area contributed by atoms with Crippen LogP contribution in [0.4, 0.5) is 0 Å². The van der Waals surface area contributed by atoms with Crippen LogP contribution in [0.1, 0.15) is 25.7 Å². The van der Waals surface area contributed by atoms with Gasteiger partial charge in [-0.25, -0.2) is 0 Å². The zero-order valence-electron chi connectivity index (χ0n) is 12.1. The average molecular weight is 306 g/mol. The molecule has 0 unspecified atom stereocenters. The van der Waals surface area contributed by atoms with E-state index in [4.69, 9.17) is 10.5 Å². The van der Waals surface area contributed by atoms with Crippen LogP contribution in [-0.2, 0) is 9.53 Å². The largest absolute Gasteiger partial charge is 0.381 e. The highest BCUT2D eigenvalue weighted by Gasteiger charge is 2.45. The Hall–Kier alpha value is -1.04. The molecule has 21 heavy (non-hydrogen) atoms. The van der Waals surface area contributed by atoms with E-state index in [1.807, 2.05) is 30.0 Å². The number of benzene rings is 1. The summed E-state index contributed by atoms with van der Waals surface area (Å²) in [5.74, 6) is -0.0225.